The molecule has 3 aliphatic rings. The van der Waals surface area contributed by atoms with Crippen molar-refractivity contribution in [3.8, 4) is 16.9 Å². The summed E-state index contributed by atoms with van der Waals surface area (Å²) in [6, 6.07) is 17.6. The Bertz CT molecular complexity index is 1880. The van der Waals surface area contributed by atoms with Gasteiger partial charge >= 0.3 is 0 Å². The van der Waals surface area contributed by atoms with Gasteiger partial charge in [0.05, 0.1) is 11.5 Å². The molecule has 0 aliphatic heterocycles. The zero-order valence-electron chi connectivity index (χ0n) is 27.9. The molecular formula is C40H41FO7. The summed E-state index contributed by atoms with van der Waals surface area (Å²) in [6.45, 7) is 7.98. The van der Waals surface area contributed by atoms with Gasteiger partial charge in [-0.15, -0.1) is 0 Å². The molecule has 2 N–H and O–H groups in total. The monoisotopic (exact) mass is 652 g/mol. The molecule has 6 atom stereocenters. The zero-order chi connectivity index (χ0) is 34.9. The van der Waals surface area contributed by atoms with Crippen LogP contribution in [-0.4, -0.2) is 44.7 Å². The minimum Gasteiger partial charge on any atom is -0.507 e. The largest absolute Gasteiger partial charge is 0.507 e. The lowest BCUT2D eigenvalue weighted by Crippen LogP contribution is -2.76. The van der Waals surface area contributed by atoms with Crippen molar-refractivity contribution in [2.45, 2.75) is 72.3 Å². The van der Waals surface area contributed by atoms with Crippen molar-refractivity contribution >= 4 is 28.9 Å². The molecular weight excluding hydrogens is 611 g/mol. The maximum atomic E-state index is 14.5. The second-order valence-corrected chi connectivity index (χ2v) is 15.0. The van der Waals surface area contributed by atoms with Crippen molar-refractivity contribution in [1.82, 2.24) is 0 Å². The molecule has 0 bridgehead atoms. The number of Topliss-reactive ketones (excluding diaryl/α,β-unsaturated/α-hetero) is 5. The molecule has 0 radical (unpaired) electrons. The van der Waals surface area contributed by atoms with Crippen molar-refractivity contribution in [3.63, 3.8) is 0 Å². The molecule has 3 unspecified atom stereocenters. The summed E-state index contributed by atoms with van der Waals surface area (Å²) in [5.74, 6) is -9.35. The topological polar surface area (TPSA) is 126 Å². The highest BCUT2D eigenvalue weighted by molar-refractivity contribution is 6.32. The number of aliphatic hydroxyl groups is 1. The van der Waals surface area contributed by atoms with Crippen molar-refractivity contribution in [1.29, 1.82) is 0 Å². The van der Waals surface area contributed by atoms with Gasteiger partial charge in [0.15, 0.2) is 28.7 Å². The summed E-state index contributed by atoms with van der Waals surface area (Å²) in [5, 5.41) is 23.2. The number of phenolic OH excluding ortho intramolecular Hbond substituents is 1. The molecule has 3 aromatic rings. The third kappa shape index (κ3) is 4.90. The van der Waals surface area contributed by atoms with E-state index in [0.717, 1.165) is 42.9 Å². The number of carbonyl (C=O) groups excluding carboxylic acids is 5. The van der Waals surface area contributed by atoms with E-state index in [1.165, 1.54) is 12.1 Å². The molecule has 2 fully saturated rings. The van der Waals surface area contributed by atoms with Crippen LogP contribution in [0.5, 0.6) is 5.75 Å². The summed E-state index contributed by atoms with van der Waals surface area (Å²) in [5.41, 5.74) is -1.28. The number of carbonyl (C=O) groups is 5. The maximum absolute atomic E-state index is 14.5. The molecule has 3 aromatic carbocycles. The first-order chi connectivity index (χ1) is 22.5. The molecule has 2 saturated carbocycles. The Morgan fingerprint density at radius 3 is 2.23 bits per heavy atom. The van der Waals surface area contributed by atoms with E-state index in [0.29, 0.717) is 11.1 Å². The number of benzene rings is 3. The van der Waals surface area contributed by atoms with Gasteiger partial charge in [-0.1, -0.05) is 70.2 Å². The molecule has 0 amide bonds. The summed E-state index contributed by atoms with van der Waals surface area (Å²) < 4.78 is 13.6. The van der Waals surface area contributed by atoms with Crippen molar-refractivity contribution in [3.05, 3.63) is 88.7 Å². The summed E-state index contributed by atoms with van der Waals surface area (Å²) in [6.07, 6.45) is 2.54. The number of hydrogen-bond acceptors (Lipinski definition) is 7. The van der Waals surface area contributed by atoms with Gasteiger partial charge in [-0.25, -0.2) is 4.39 Å². The van der Waals surface area contributed by atoms with Gasteiger partial charge in [-0.3, -0.25) is 24.0 Å². The van der Waals surface area contributed by atoms with Crippen LogP contribution in [0.4, 0.5) is 4.39 Å². The molecule has 0 aromatic heterocycles. The normalized spacial score (nSPS) is 29.8. The maximum Gasteiger partial charge on any atom is 0.190 e. The van der Waals surface area contributed by atoms with Crippen LogP contribution < -0.4 is 0 Å². The first kappa shape index (κ1) is 33.6. The first-order valence-electron chi connectivity index (χ1n) is 16.6. The second kappa shape index (κ2) is 11.7. The predicted octanol–water partition coefficient (Wildman–Crippen LogP) is 6.07. The van der Waals surface area contributed by atoms with Crippen LogP contribution in [-0.2, 0) is 38.4 Å². The van der Waals surface area contributed by atoms with Gasteiger partial charge in [-0.2, -0.15) is 0 Å². The fourth-order valence-corrected chi connectivity index (χ4v) is 9.45. The van der Waals surface area contributed by atoms with Crippen LogP contribution in [0, 0.1) is 40.3 Å². The van der Waals surface area contributed by atoms with Crippen molar-refractivity contribution in [2.24, 2.45) is 34.5 Å². The number of aryl methyl sites for hydroxylation is 2. The van der Waals surface area contributed by atoms with Crippen LogP contribution in [0.25, 0.3) is 11.1 Å². The Balaban J connectivity index is 1.37. The summed E-state index contributed by atoms with van der Waals surface area (Å²) in [7, 11) is 0. The molecule has 6 rings (SSSR count). The fraction of sp³-hybridized carbons (Fsp3) is 0.425. The second-order valence-electron chi connectivity index (χ2n) is 15.0. The first-order valence-corrected chi connectivity index (χ1v) is 16.6. The molecule has 48 heavy (non-hydrogen) atoms. The number of hydrogen-bond donors (Lipinski definition) is 2. The Kier molecular flexibility index (Phi) is 8.18. The minimum atomic E-state index is -2.72. The fourth-order valence-electron chi connectivity index (χ4n) is 9.45. The highest BCUT2D eigenvalue weighted by atomic mass is 19.1. The van der Waals surface area contributed by atoms with Crippen LogP contribution in [0.3, 0.4) is 0 Å². The summed E-state index contributed by atoms with van der Waals surface area (Å²) in [4.78, 5) is 69.0. The molecule has 8 heteroatoms. The van der Waals surface area contributed by atoms with Gasteiger partial charge in [0.1, 0.15) is 23.3 Å². The number of phenols is 1. The average Bonchev–Trinajstić information content (AvgIpc) is 2.99. The smallest absolute Gasteiger partial charge is 0.190 e. The lowest BCUT2D eigenvalue weighted by atomic mass is 9.40. The van der Waals surface area contributed by atoms with Crippen LogP contribution in [0.2, 0.25) is 0 Å². The standard InChI is InChI=1S/C40H41FO7/c1-21(2)32-34(44)30(22(3)42)36(46)40(48)37(47)33-35(45)31-28(19-38(33,4)20-39(32,40)5)27(16-17-29(31)43)25-14-12-23(13-15-25)8-6-9-24-10-7-11-26(41)18-24/h7,10-18,21,30,32-33,43,48H,6,8-9,19-20H2,1-5H3/t30?,32?,33?,38-,39-,40+/m1/s1. The van der Waals surface area contributed by atoms with E-state index in [9.17, 15) is 38.6 Å². The number of aromatic hydroxyl groups is 1. The highest BCUT2D eigenvalue weighted by Crippen LogP contribution is 2.64. The quantitative estimate of drug-likeness (QED) is 0.297. The Morgan fingerprint density at radius 1 is 0.938 bits per heavy atom. The van der Waals surface area contributed by atoms with Gasteiger partial charge in [0.25, 0.3) is 0 Å². The van der Waals surface area contributed by atoms with Gasteiger partial charge < -0.3 is 10.2 Å². The van der Waals surface area contributed by atoms with E-state index in [1.807, 2.05) is 30.3 Å². The van der Waals surface area contributed by atoms with E-state index in [4.69, 9.17) is 0 Å². The molecule has 0 spiro atoms. The third-order valence-electron chi connectivity index (χ3n) is 11.3. The predicted molar refractivity (Wildman–Crippen MR) is 177 cm³/mol. The van der Waals surface area contributed by atoms with E-state index in [2.05, 4.69) is 0 Å². The number of rotatable bonds is 7. The number of halogens is 1. The van der Waals surface area contributed by atoms with Gasteiger partial charge in [0, 0.05) is 11.3 Å². The van der Waals surface area contributed by atoms with Gasteiger partial charge in [0.2, 0.25) is 0 Å². The van der Waals surface area contributed by atoms with E-state index in [-0.39, 0.29) is 30.0 Å². The summed E-state index contributed by atoms with van der Waals surface area (Å²) >= 11 is 0. The lowest BCUT2D eigenvalue weighted by Gasteiger charge is -2.61. The van der Waals surface area contributed by atoms with Crippen molar-refractivity contribution < 1.29 is 38.6 Å². The molecule has 0 heterocycles. The van der Waals surface area contributed by atoms with Crippen molar-refractivity contribution in [2.75, 3.05) is 0 Å². The molecule has 0 saturated heterocycles. The third-order valence-corrected chi connectivity index (χ3v) is 11.3. The molecule has 250 valence electrons. The van der Waals surface area contributed by atoms with Gasteiger partial charge in [-0.05, 0) is 96.4 Å². The average molecular weight is 653 g/mol. The zero-order valence-corrected chi connectivity index (χ0v) is 27.9. The van der Waals surface area contributed by atoms with E-state index >= 15 is 0 Å². The minimum absolute atomic E-state index is 0.00237. The van der Waals surface area contributed by atoms with E-state index < -0.39 is 69.0 Å². The number of fused-ring (bicyclic) bond motifs is 3. The Morgan fingerprint density at radius 2 is 1.60 bits per heavy atom. The molecule has 7 nitrogen and oxygen atoms in total. The molecule has 3 aliphatic carbocycles. The van der Waals surface area contributed by atoms with Crippen LogP contribution in [0.1, 0.15) is 74.5 Å². The highest BCUT2D eigenvalue weighted by Gasteiger charge is 2.76. The Hall–Kier alpha value is -4.30. The lowest BCUT2D eigenvalue weighted by molar-refractivity contribution is -0.205. The number of ketones is 5. The van der Waals surface area contributed by atoms with Crippen LogP contribution >= 0.6 is 0 Å². The van der Waals surface area contributed by atoms with E-state index in [1.54, 1.807) is 45.9 Å². The SMILES string of the molecule is CC(=O)C1C(=O)C(C(C)C)[C@@]2(C)C[C@@]3(C)Cc4c(-c5ccc(CCCc6cccc(F)c6)cc5)ccc(O)c4C(=O)C3C(=O)[C@@]2(O)C1=O. The Labute approximate surface area is 279 Å². The van der Waals surface area contributed by atoms with Crippen LogP contribution in [0.15, 0.2) is 60.7 Å².